The van der Waals surface area contributed by atoms with Gasteiger partial charge in [-0.2, -0.15) is 0 Å². The van der Waals surface area contributed by atoms with Crippen LogP contribution in [0.3, 0.4) is 0 Å². The molecule has 2 saturated heterocycles. The summed E-state index contributed by atoms with van der Waals surface area (Å²) in [7, 11) is 0. The van der Waals surface area contributed by atoms with Gasteiger partial charge in [-0.3, -0.25) is 4.79 Å². The van der Waals surface area contributed by atoms with Crippen molar-refractivity contribution in [2.24, 2.45) is 29.1 Å². The van der Waals surface area contributed by atoms with Crippen molar-refractivity contribution in [2.75, 3.05) is 19.8 Å². The first kappa shape index (κ1) is 30.1. The van der Waals surface area contributed by atoms with Gasteiger partial charge in [0.05, 0.1) is 36.9 Å². The minimum Gasteiger partial charge on any atom is -0.394 e. The van der Waals surface area contributed by atoms with Gasteiger partial charge in [-0.25, -0.2) is 0 Å². The van der Waals surface area contributed by atoms with E-state index in [0.717, 1.165) is 51.4 Å². The highest BCUT2D eigenvalue weighted by Crippen LogP contribution is 2.45. The molecule has 0 radical (unpaired) electrons. The molecule has 220 valence electrons. The Bertz CT molecular complexity index is 766. The predicted octanol–water partition coefficient (Wildman–Crippen LogP) is 3.81. The molecule has 8 nitrogen and oxygen atoms in total. The van der Waals surface area contributed by atoms with Crippen LogP contribution in [0.15, 0.2) is 0 Å². The van der Waals surface area contributed by atoms with E-state index in [0.29, 0.717) is 25.9 Å². The molecule has 2 aliphatic heterocycles. The van der Waals surface area contributed by atoms with E-state index in [-0.39, 0.29) is 25.0 Å². The van der Waals surface area contributed by atoms with Gasteiger partial charge in [-0.15, -0.1) is 0 Å². The lowest BCUT2D eigenvalue weighted by atomic mass is 9.67. The SMILES string of the molecule is [2H][C@@](CC(=O)[C@H](C=O)[C@H]1C[C@H](OC2CCCCO2)[C@H](CC(O)CO)[C@@H]1O)(C1CCCCO1)C(C)(C)CCCC. The van der Waals surface area contributed by atoms with E-state index < -0.39 is 66.4 Å². The number of hydrogen-bond acceptors (Lipinski definition) is 8. The van der Waals surface area contributed by atoms with E-state index in [1.807, 2.05) is 13.8 Å². The molecule has 3 fully saturated rings. The molecule has 0 bridgehead atoms. The Morgan fingerprint density at radius 3 is 2.47 bits per heavy atom. The molecule has 0 aromatic rings. The van der Waals surface area contributed by atoms with Gasteiger partial charge < -0.3 is 34.3 Å². The fourth-order valence-corrected chi connectivity index (χ4v) is 6.63. The first-order valence-corrected chi connectivity index (χ1v) is 14.9. The van der Waals surface area contributed by atoms with Gasteiger partial charge in [0.15, 0.2) is 6.29 Å². The van der Waals surface area contributed by atoms with Gasteiger partial charge in [-0.1, -0.05) is 33.6 Å². The third-order valence-electron chi connectivity index (χ3n) is 9.02. The van der Waals surface area contributed by atoms with E-state index in [1.54, 1.807) is 0 Å². The second kappa shape index (κ2) is 15.2. The second-order valence-electron chi connectivity index (χ2n) is 12.3. The molecular weight excluding hydrogens is 488 g/mol. The van der Waals surface area contributed by atoms with Crippen molar-refractivity contribution in [3.8, 4) is 0 Å². The molecule has 0 aromatic heterocycles. The van der Waals surface area contributed by atoms with Crippen LogP contribution in [0.2, 0.25) is 0 Å². The number of rotatable bonds is 15. The number of aldehydes is 1. The lowest BCUT2D eigenvalue weighted by Gasteiger charge is -2.41. The summed E-state index contributed by atoms with van der Waals surface area (Å²) in [6.45, 7) is 6.87. The predicted molar refractivity (Wildman–Crippen MR) is 143 cm³/mol. The maximum atomic E-state index is 13.9. The standard InChI is InChI=1S/C30H52O8/c1-4-5-12-30(2,3)24(26-10-6-8-13-36-26)17-25(34)23(19-32)21-16-27(38-28-11-7-9-14-37-28)22(29(21)35)15-20(33)18-31/h19-24,26-29,31,33,35H,4-18H2,1-3H3/t20?,21-,22+,23-,24-,26?,27+,28?,29-/m1/s1/i24D. The third kappa shape index (κ3) is 8.31. The zero-order chi connectivity index (χ0) is 28.6. The summed E-state index contributed by atoms with van der Waals surface area (Å²) in [4.78, 5) is 26.4. The number of hydrogen-bond donors (Lipinski definition) is 3. The van der Waals surface area contributed by atoms with E-state index >= 15 is 0 Å². The molecule has 1 saturated carbocycles. The molecule has 0 spiro atoms. The highest BCUT2D eigenvalue weighted by atomic mass is 16.7. The van der Waals surface area contributed by atoms with Crippen LogP contribution in [0.4, 0.5) is 0 Å². The summed E-state index contributed by atoms with van der Waals surface area (Å²) in [5, 5.41) is 31.0. The van der Waals surface area contributed by atoms with Crippen molar-refractivity contribution in [3.63, 3.8) is 0 Å². The Morgan fingerprint density at radius 2 is 1.89 bits per heavy atom. The molecule has 0 amide bonds. The van der Waals surface area contributed by atoms with Gasteiger partial charge >= 0.3 is 0 Å². The van der Waals surface area contributed by atoms with E-state index in [9.17, 15) is 26.3 Å². The molecule has 3 N–H and O–H groups in total. The fourth-order valence-electron chi connectivity index (χ4n) is 6.63. The van der Waals surface area contributed by atoms with Gasteiger partial charge in [-0.05, 0) is 69.1 Å². The third-order valence-corrected chi connectivity index (χ3v) is 9.02. The fraction of sp³-hybridized carbons (Fsp3) is 0.933. The van der Waals surface area contributed by atoms with Gasteiger partial charge in [0.2, 0.25) is 0 Å². The van der Waals surface area contributed by atoms with Crippen LogP contribution >= 0.6 is 0 Å². The number of ether oxygens (including phenoxy) is 3. The Balaban J connectivity index is 1.82. The topological polar surface area (TPSA) is 123 Å². The van der Waals surface area contributed by atoms with E-state index in [2.05, 4.69) is 6.92 Å². The minimum absolute atomic E-state index is 0.0909. The Kier molecular flexibility index (Phi) is 12.0. The largest absolute Gasteiger partial charge is 0.394 e. The van der Waals surface area contributed by atoms with Crippen molar-refractivity contribution in [1.82, 2.24) is 0 Å². The number of carbonyl (C=O) groups excluding carboxylic acids is 2. The van der Waals surface area contributed by atoms with Gasteiger partial charge in [0.1, 0.15) is 12.1 Å². The average Bonchev–Trinajstić information content (AvgIpc) is 3.22. The van der Waals surface area contributed by atoms with Crippen LogP contribution in [0.5, 0.6) is 0 Å². The van der Waals surface area contributed by atoms with Gasteiger partial charge in [0.25, 0.3) is 0 Å². The zero-order valence-corrected chi connectivity index (χ0v) is 23.7. The highest BCUT2D eigenvalue weighted by molar-refractivity contribution is 5.94. The van der Waals surface area contributed by atoms with Crippen molar-refractivity contribution in [2.45, 2.75) is 129 Å². The summed E-state index contributed by atoms with van der Waals surface area (Å²) in [5.41, 5.74) is -0.514. The molecule has 38 heavy (non-hydrogen) atoms. The number of aliphatic hydroxyl groups is 3. The normalized spacial score (nSPS) is 34.2. The van der Waals surface area contributed by atoms with E-state index in [4.69, 9.17) is 14.2 Å². The molecule has 8 heteroatoms. The molecule has 0 aromatic carbocycles. The van der Waals surface area contributed by atoms with E-state index in [1.165, 1.54) is 0 Å². The van der Waals surface area contributed by atoms with Crippen molar-refractivity contribution in [1.29, 1.82) is 0 Å². The summed E-state index contributed by atoms with van der Waals surface area (Å²) in [6, 6.07) is 0. The summed E-state index contributed by atoms with van der Waals surface area (Å²) in [5.74, 6) is -3.90. The zero-order valence-electron chi connectivity index (χ0n) is 24.7. The summed E-state index contributed by atoms with van der Waals surface area (Å²) < 4.78 is 27.7. The van der Waals surface area contributed by atoms with Gasteiger partial charge in [0, 0.05) is 32.8 Å². The molecule has 3 rings (SSSR count). The number of carbonyl (C=O) groups is 2. The molecule has 3 unspecified atom stereocenters. The molecule has 1 aliphatic carbocycles. The number of aliphatic hydroxyl groups excluding tert-OH is 3. The van der Waals surface area contributed by atoms with Crippen LogP contribution in [0.25, 0.3) is 0 Å². The minimum atomic E-state index is -1.21. The highest BCUT2D eigenvalue weighted by Gasteiger charge is 2.50. The summed E-state index contributed by atoms with van der Waals surface area (Å²) in [6.07, 6.45) is 5.32. The molecule has 3 aliphatic rings. The maximum Gasteiger partial charge on any atom is 0.157 e. The number of ketones is 1. The van der Waals surface area contributed by atoms with Crippen LogP contribution < -0.4 is 0 Å². The van der Waals surface area contributed by atoms with Crippen LogP contribution in [-0.4, -0.2) is 77.9 Å². The maximum absolute atomic E-state index is 13.9. The smallest absolute Gasteiger partial charge is 0.157 e. The quantitative estimate of drug-likeness (QED) is 0.211. The number of Topliss-reactive ketones (excluding diaryl/α,β-unsaturated/α-hetero) is 1. The Hall–Kier alpha value is -0.900. The monoisotopic (exact) mass is 541 g/mol. The van der Waals surface area contributed by atoms with Crippen LogP contribution in [0.1, 0.15) is 99.2 Å². The first-order chi connectivity index (χ1) is 18.6. The van der Waals surface area contributed by atoms with Crippen molar-refractivity contribution in [3.05, 3.63) is 0 Å². The second-order valence-corrected chi connectivity index (χ2v) is 12.3. The lowest BCUT2D eigenvalue weighted by molar-refractivity contribution is -0.199. The van der Waals surface area contributed by atoms with Crippen LogP contribution in [0, 0.1) is 29.1 Å². The first-order valence-electron chi connectivity index (χ1n) is 15.4. The molecule has 9 atom stereocenters. The number of unbranched alkanes of at least 4 members (excludes halogenated alkanes) is 1. The molecular formula is C30H52O8. The Labute approximate surface area is 230 Å². The summed E-state index contributed by atoms with van der Waals surface area (Å²) >= 11 is 0. The molecule has 2 heterocycles. The lowest BCUT2D eigenvalue weighted by Crippen LogP contribution is -2.42. The van der Waals surface area contributed by atoms with Crippen molar-refractivity contribution < 1.29 is 40.5 Å². The van der Waals surface area contributed by atoms with Crippen LogP contribution in [-0.2, 0) is 23.8 Å². The van der Waals surface area contributed by atoms with Crippen molar-refractivity contribution >= 4 is 12.1 Å². The average molecular weight is 542 g/mol. The Morgan fingerprint density at radius 1 is 1.18 bits per heavy atom.